The van der Waals surface area contributed by atoms with Crippen LogP contribution in [0.2, 0.25) is 0 Å². The Morgan fingerprint density at radius 3 is 2.56 bits per heavy atom. The van der Waals surface area contributed by atoms with Gasteiger partial charge in [-0.05, 0) is 25.5 Å². The van der Waals surface area contributed by atoms with Crippen LogP contribution in [-0.4, -0.2) is 9.67 Å². The molecule has 1 N–H and O–H groups in total. The van der Waals surface area contributed by atoms with E-state index in [4.69, 9.17) is 0 Å². The van der Waals surface area contributed by atoms with Gasteiger partial charge in [-0.25, -0.2) is 0 Å². The van der Waals surface area contributed by atoms with Gasteiger partial charge in [0, 0.05) is 11.8 Å². The van der Waals surface area contributed by atoms with Gasteiger partial charge in [-0.15, -0.1) is 0 Å². The molecule has 0 bridgehead atoms. The van der Waals surface area contributed by atoms with Crippen LogP contribution in [0.4, 0.5) is 0 Å². The van der Waals surface area contributed by atoms with Crippen molar-refractivity contribution in [2.24, 2.45) is 0 Å². The van der Waals surface area contributed by atoms with E-state index in [0.717, 1.165) is 16.8 Å². The quantitative estimate of drug-likeness (QED) is 0.898. The smallest absolute Gasteiger partial charge is 0.250 e. The minimum atomic E-state index is -0.663. The second kappa shape index (κ2) is 5.19. The van der Waals surface area contributed by atoms with Crippen molar-refractivity contribution in [3.05, 3.63) is 69.6 Å². The molecule has 0 aliphatic carbocycles. The van der Waals surface area contributed by atoms with Gasteiger partial charge in [0.05, 0.1) is 12.6 Å². The van der Waals surface area contributed by atoms with Crippen LogP contribution in [0.1, 0.15) is 22.9 Å². The minimum absolute atomic E-state index is 0.0818. The number of aryl methyl sites for hydroxylation is 2. The van der Waals surface area contributed by atoms with Crippen molar-refractivity contribution in [3.8, 4) is 0 Å². The summed E-state index contributed by atoms with van der Waals surface area (Å²) in [5.74, 6) is 0. The maximum Gasteiger partial charge on any atom is 0.250 e. The van der Waals surface area contributed by atoms with Crippen LogP contribution in [-0.2, 0) is 6.54 Å². The average molecular weight is 243 g/mol. The number of hydrogen-bond acceptors (Lipinski definition) is 2. The van der Waals surface area contributed by atoms with Crippen LogP contribution in [0.15, 0.2) is 47.3 Å². The molecule has 2 rings (SSSR count). The molecule has 1 heterocycles. The fourth-order valence-electron chi connectivity index (χ4n) is 2.01. The Balaban J connectivity index is 2.27. The molecule has 0 spiro atoms. The molecule has 94 valence electrons. The van der Waals surface area contributed by atoms with Crippen LogP contribution >= 0.6 is 0 Å². The Hall–Kier alpha value is -1.87. The number of benzene rings is 1. The predicted molar refractivity (Wildman–Crippen MR) is 71.6 cm³/mol. The molecule has 1 aromatic carbocycles. The highest BCUT2D eigenvalue weighted by Crippen LogP contribution is 2.16. The number of aliphatic hydroxyl groups excluding tert-OH is 1. The average Bonchev–Trinajstić information content (AvgIpc) is 2.34. The first kappa shape index (κ1) is 12.6. The van der Waals surface area contributed by atoms with Crippen LogP contribution in [0, 0.1) is 13.8 Å². The molecule has 0 saturated carbocycles. The number of aliphatic hydroxyl groups is 1. The van der Waals surface area contributed by atoms with E-state index >= 15 is 0 Å². The number of nitrogens with zero attached hydrogens (tertiary/aromatic N) is 1. The molecule has 0 aliphatic rings. The lowest BCUT2D eigenvalue weighted by Crippen LogP contribution is -2.24. The predicted octanol–water partition coefficient (Wildman–Crippen LogP) is 2.20. The molecule has 3 nitrogen and oxygen atoms in total. The summed E-state index contributed by atoms with van der Waals surface area (Å²) >= 11 is 0. The second-order valence-corrected chi connectivity index (χ2v) is 4.55. The Morgan fingerprint density at radius 1 is 1.17 bits per heavy atom. The van der Waals surface area contributed by atoms with E-state index in [-0.39, 0.29) is 12.1 Å². The summed E-state index contributed by atoms with van der Waals surface area (Å²) in [7, 11) is 0. The minimum Gasteiger partial charge on any atom is -0.387 e. The summed E-state index contributed by atoms with van der Waals surface area (Å²) < 4.78 is 1.59. The molecule has 0 aliphatic heterocycles. The van der Waals surface area contributed by atoms with Gasteiger partial charge in [0.1, 0.15) is 0 Å². The molecule has 1 unspecified atom stereocenters. The summed E-state index contributed by atoms with van der Waals surface area (Å²) in [6.45, 7) is 4.13. The molecule has 0 radical (unpaired) electrons. The Morgan fingerprint density at radius 2 is 1.89 bits per heavy atom. The van der Waals surface area contributed by atoms with Crippen LogP contribution in [0.3, 0.4) is 0 Å². The van der Waals surface area contributed by atoms with E-state index in [2.05, 4.69) is 0 Å². The van der Waals surface area contributed by atoms with E-state index in [9.17, 15) is 9.90 Å². The molecule has 0 amide bonds. The van der Waals surface area contributed by atoms with Gasteiger partial charge in [-0.1, -0.05) is 35.9 Å². The largest absolute Gasteiger partial charge is 0.387 e. The lowest BCUT2D eigenvalue weighted by molar-refractivity contribution is 0.154. The monoisotopic (exact) mass is 243 g/mol. The van der Waals surface area contributed by atoms with Crippen molar-refractivity contribution in [2.75, 3.05) is 0 Å². The number of aromatic nitrogens is 1. The number of pyridine rings is 1. The van der Waals surface area contributed by atoms with Gasteiger partial charge in [0.25, 0.3) is 5.56 Å². The molecule has 1 atom stereocenters. The van der Waals surface area contributed by atoms with Gasteiger partial charge in [-0.3, -0.25) is 4.79 Å². The highest BCUT2D eigenvalue weighted by molar-refractivity contribution is 5.24. The number of hydrogen-bond donors (Lipinski definition) is 1. The Bertz CT molecular complexity index is 601. The van der Waals surface area contributed by atoms with Crippen molar-refractivity contribution in [1.82, 2.24) is 4.57 Å². The van der Waals surface area contributed by atoms with Gasteiger partial charge >= 0.3 is 0 Å². The zero-order valence-electron chi connectivity index (χ0n) is 10.6. The van der Waals surface area contributed by atoms with E-state index in [1.807, 2.05) is 44.2 Å². The first-order chi connectivity index (χ1) is 8.58. The van der Waals surface area contributed by atoms with Gasteiger partial charge < -0.3 is 9.67 Å². The maximum atomic E-state index is 11.7. The molecule has 2 aromatic rings. The van der Waals surface area contributed by atoms with E-state index in [0.29, 0.717) is 0 Å². The van der Waals surface area contributed by atoms with Gasteiger partial charge in [0.15, 0.2) is 0 Å². The van der Waals surface area contributed by atoms with Gasteiger partial charge in [0.2, 0.25) is 0 Å². The highest BCUT2D eigenvalue weighted by Gasteiger charge is 2.10. The molecule has 3 heteroatoms. The number of rotatable bonds is 3. The third-order valence-corrected chi connectivity index (χ3v) is 3.05. The highest BCUT2D eigenvalue weighted by atomic mass is 16.3. The standard InChI is InChI=1S/C15H17NO2/c1-11-5-3-7-13(9-11)14(17)10-16-12(2)6-4-8-15(16)18/h3-9,14,17H,10H2,1-2H3. The summed E-state index contributed by atoms with van der Waals surface area (Å²) in [4.78, 5) is 11.7. The topological polar surface area (TPSA) is 42.2 Å². The van der Waals surface area contributed by atoms with Crippen molar-refractivity contribution in [2.45, 2.75) is 26.5 Å². The first-order valence-electron chi connectivity index (χ1n) is 5.99. The third-order valence-electron chi connectivity index (χ3n) is 3.05. The molecular weight excluding hydrogens is 226 g/mol. The van der Waals surface area contributed by atoms with Crippen LogP contribution in [0.5, 0.6) is 0 Å². The zero-order valence-corrected chi connectivity index (χ0v) is 10.6. The lowest BCUT2D eigenvalue weighted by atomic mass is 10.1. The van der Waals surface area contributed by atoms with Crippen molar-refractivity contribution in [1.29, 1.82) is 0 Å². The van der Waals surface area contributed by atoms with Crippen LogP contribution < -0.4 is 5.56 Å². The molecule has 0 fully saturated rings. The Kier molecular flexibility index (Phi) is 3.63. The first-order valence-corrected chi connectivity index (χ1v) is 5.99. The fraction of sp³-hybridized carbons (Fsp3) is 0.267. The van der Waals surface area contributed by atoms with Crippen molar-refractivity contribution >= 4 is 0 Å². The normalized spacial score (nSPS) is 12.4. The lowest BCUT2D eigenvalue weighted by Gasteiger charge is -2.15. The summed E-state index contributed by atoms with van der Waals surface area (Å²) in [6.07, 6.45) is -0.663. The molecule has 0 saturated heterocycles. The van der Waals surface area contributed by atoms with E-state index in [1.54, 1.807) is 10.6 Å². The third kappa shape index (κ3) is 2.68. The van der Waals surface area contributed by atoms with Gasteiger partial charge in [-0.2, -0.15) is 0 Å². The van der Waals surface area contributed by atoms with Crippen molar-refractivity contribution < 1.29 is 5.11 Å². The molecule has 18 heavy (non-hydrogen) atoms. The van der Waals surface area contributed by atoms with E-state index in [1.165, 1.54) is 6.07 Å². The zero-order chi connectivity index (χ0) is 13.1. The van der Waals surface area contributed by atoms with Crippen molar-refractivity contribution in [3.63, 3.8) is 0 Å². The SMILES string of the molecule is Cc1cccc(C(O)Cn2c(C)cccc2=O)c1. The Labute approximate surface area is 106 Å². The summed E-state index contributed by atoms with van der Waals surface area (Å²) in [6, 6.07) is 12.8. The maximum absolute atomic E-state index is 11.7. The molecular formula is C15H17NO2. The summed E-state index contributed by atoms with van der Waals surface area (Å²) in [5.41, 5.74) is 2.71. The second-order valence-electron chi connectivity index (χ2n) is 4.55. The molecule has 1 aromatic heterocycles. The fourth-order valence-corrected chi connectivity index (χ4v) is 2.01. The summed E-state index contributed by atoms with van der Waals surface area (Å²) in [5, 5.41) is 10.2. The van der Waals surface area contributed by atoms with E-state index < -0.39 is 6.10 Å². The van der Waals surface area contributed by atoms with Crippen LogP contribution in [0.25, 0.3) is 0 Å².